The van der Waals surface area contributed by atoms with Gasteiger partial charge in [0.15, 0.2) is 0 Å². The van der Waals surface area contributed by atoms with Crippen LogP contribution >= 0.6 is 0 Å². The average molecular weight is 314 g/mol. The quantitative estimate of drug-likeness (QED) is 0.888. The largest absolute Gasteiger partial charge is 0.378 e. The van der Waals surface area contributed by atoms with Crippen molar-refractivity contribution in [2.24, 2.45) is 0 Å². The molecule has 122 valence electrons. The minimum atomic E-state index is 0.0552. The molecule has 0 spiro atoms. The van der Waals surface area contributed by atoms with Crippen LogP contribution in [0.1, 0.15) is 37.7 Å². The Morgan fingerprint density at radius 2 is 2.35 bits per heavy atom. The molecule has 1 amide bonds. The zero-order chi connectivity index (χ0) is 15.9. The maximum atomic E-state index is 12.1. The van der Waals surface area contributed by atoms with E-state index in [0.717, 1.165) is 37.3 Å². The van der Waals surface area contributed by atoms with Crippen LogP contribution in [-0.4, -0.2) is 33.2 Å². The number of carbonyl (C=O) groups is 1. The van der Waals surface area contributed by atoms with Crippen molar-refractivity contribution in [3.05, 3.63) is 42.6 Å². The third-order valence-corrected chi connectivity index (χ3v) is 4.06. The molecule has 0 aliphatic carbocycles. The van der Waals surface area contributed by atoms with Gasteiger partial charge in [-0.3, -0.25) is 9.36 Å². The maximum absolute atomic E-state index is 12.1. The monoisotopic (exact) mass is 314 g/mol. The van der Waals surface area contributed by atoms with Gasteiger partial charge in [-0.15, -0.1) is 0 Å². The van der Waals surface area contributed by atoms with Crippen LogP contribution in [0.2, 0.25) is 0 Å². The molecule has 1 aliphatic heterocycles. The molecule has 1 fully saturated rings. The first-order valence-corrected chi connectivity index (χ1v) is 8.13. The summed E-state index contributed by atoms with van der Waals surface area (Å²) in [5.74, 6) is 0.848. The number of rotatable bonds is 6. The van der Waals surface area contributed by atoms with Gasteiger partial charge in [0.25, 0.3) is 0 Å². The summed E-state index contributed by atoms with van der Waals surface area (Å²) in [7, 11) is 0. The molecule has 0 aromatic carbocycles. The molecule has 6 heteroatoms. The maximum Gasteiger partial charge on any atom is 0.220 e. The van der Waals surface area contributed by atoms with Crippen LogP contribution in [0.25, 0.3) is 5.82 Å². The summed E-state index contributed by atoms with van der Waals surface area (Å²) < 4.78 is 7.50. The molecule has 0 radical (unpaired) electrons. The van der Waals surface area contributed by atoms with Gasteiger partial charge >= 0.3 is 0 Å². The van der Waals surface area contributed by atoms with Crippen LogP contribution in [0, 0.1) is 0 Å². The van der Waals surface area contributed by atoms with Gasteiger partial charge in [-0.25, -0.2) is 9.97 Å². The van der Waals surface area contributed by atoms with Crippen molar-refractivity contribution in [3.8, 4) is 5.82 Å². The number of imidazole rings is 1. The number of hydrogen-bond donors (Lipinski definition) is 1. The lowest BCUT2D eigenvalue weighted by atomic mass is 10.0. The lowest BCUT2D eigenvalue weighted by Crippen LogP contribution is -2.26. The zero-order valence-electron chi connectivity index (χ0n) is 13.1. The first kappa shape index (κ1) is 15.7. The van der Waals surface area contributed by atoms with E-state index in [4.69, 9.17) is 4.74 Å². The first-order valence-electron chi connectivity index (χ1n) is 8.13. The van der Waals surface area contributed by atoms with Gasteiger partial charge in [0.2, 0.25) is 5.91 Å². The molecule has 0 saturated carbocycles. The lowest BCUT2D eigenvalue weighted by Gasteiger charge is -2.22. The number of ether oxygens (including phenoxy) is 1. The van der Waals surface area contributed by atoms with E-state index in [2.05, 4.69) is 15.3 Å². The number of amides is 1. The van der Waals surface area contributed by atoms with Gasteiger partial charge in [0, 0.05) is 43.7 Å². The van der Waals surface area contributed by atoms with E-state index in [-0.39, 0.29) is 12.0 Å². The Hall–Kier alpha value is -2.21. The highest BCUT2D eigenvalue weighted by molar-refractivity contribution is 5.75. The van der Waals surface area contributed by atoms with E-state index < -0.39 is 0 Å². The summed E-state index contributed by atoms with van der Waals surface area (Å²) >= 11 is 0. The molecule has 23 heavy (non-hydrogen) atoms. The summed E-state index contributed by atoms with van der Waals surface area (Å²) in [5.41, 5.74) is 0.966. The van der Waals surface area contributed by atoms with Crippen molar-refractivity contribution in [2.45, 2.75) is 44.8 Å². The number of pyridine rings is 1. The van der Waals surface area contributed by atoms with Crippen molar-refractivity contribution in [1.29, 1.82) is 0 Å². The van der Waals surface area contributed by atoms with Gasteiger partial charge in [-0.05, 0) is 31.7 Å². The van der Waals surface area contributed by atoms with E-state index in [0.29, 0.717) is 13.0 Å². The van der Waals surface area contributed by atoms with Gasteiger partial charge in [-0.1, -0.05) is 6.07 Å². The standard InChI is InChI=1S/C17H22N4O2/c22-16(7-6-15-5-1-2-11-23-15)20-12-14-4-3-8-19-17(14)21-10-9-18-13-21/h3-4,8-10,13,15H,1-2,5-7,11-12H2,(H,20,22). The van der Waals surface area contributed by atoms with Crippen molar-refractivity contribution < 1.29 is 9.53 Å². The molecule has 3 rings (SSSR count). The summed E-state index contributed by atoms with van der Waals surface area (Å²) in [4.78, 5) is 20.5. The Bertz CT molecular complexity index is 621. The third kappa shape index (κ3) is 4.39. The van der Waals surface area contributed by atoms with Gasteiger partial charge in [-0.2, -0.15) is 0 Å². The molecule has 3 heterocycles. The van der Waals surface area contributed by atoms with Gasteiger partial charge < -0.3 is 10.1 Å². The molecule has 1 atom stereocenters. The zero-order valence-corrected chi connectivity index (χ0v) is 13.1. The van der Waals surface area contributed by atoms with Crippen molar-refractivity contribution >= 4 is 5.91 Å². The molecule has 0 bridgehead atoms. The van der Waals surface area contributed by atoms with Crippen LogP contribution in [-0.2, 0) is 16.1 Å². The summed E-state index contributed by atoms with van der Waals surface area (Å²) in [6, 6.07) is 3.84. The van der Waals surface area contributed by atoms with Crippen molar-refractivity contribution in [2.75, 3.05) is 6.61 Å². The van der Waals surface area contributed by atoms with Crippen molar-refractivity contribution in [3.63, 3.8) is 0 Å². The lowest BCUT2D eigenvalue weighted by molar-refractivity contribution is -0.122. The highest BCUT2D eigenvalue weighted by Crippen LogP contribution is 2.17. The molecular formula is C17H22N4O2. The van der Waals surface area contributed by atoms with Gasteiger partial charge in [0.05, 0.1) is 6.10 Å². The normalized spacial score (nSPS) is 17.8. The third-order valence-electron chi connectivity index (χ3n) is 4.06. The second-order valence-electron chi connectivity index (χ2n) is 5.76. The SMILES string of the molecule is O=C(CCC1CCCCO1)NCc1cccnc1-n1ccnc1. The minimum absolute atomic E-state index is 0.0552. The van der Waals surface area contributed by atoms with E-state index in [1.165, 1.54) is 6.42 Å². The Morgan fingerprint density at radius 1 is 1.39 bits per heavy atom. The molecule has 1 aliphatic rings. The van der Waals surface area contributed by atoms with Crippen LogP contribution < -0.4 is 5.32 Å². The second-order valence-corrected chi connectivity index (χ2v) is 5.76. The number of hydrogen-bond acceptors (Lipinski definition) is 4. The second kappa shape index (κ2) is 7.87. The predicted octanol–water partition coefficient (Wildman–Crippen LogP) is 2.23. The van der Waals surface area contributed by atoms with Crippen LogP contribution in [0.3, 0.4) is 0 Å². The fourth-order valence-electron chi connectivity index (χ4n) is 2.79. The van der Waals surface area contributed by atoms with E-state index in [9.17, 15) is 4.79 Å². The fourth-order valence-corrected chi connectivity index (χ4v) is 2.79. The molecule has 1 unspecified atom stereocenters. The summed E-state index contributed by atoms with van der Waals surface area (Å²) in [5, 5.41) is 2.97. The molecule has 2 aromatic heterocycles. The molecule has 1 N–H and O–H groups in total. The Labute approximate surface area is 135 Å². The smallest absolute Gasteiger partial charge is 0.220 e. The number of carbonyl (C=O) groups excluding carboxylic acids is 1. The topological polar surface area (TPSA) is 69.0 Å². The average Bonchev–Trinajstić information content (AvgIpc) is 3.14. The molecule has 1 saturated heterocycles. The van der Waals surface area contributed by atoms with E-state index in [1.807, 2.05) is 22.9 Å². The Balaban J connectivity index is 1.51. The molecular weight excluding hydrogens is 292 g/mol. The van der Waals surface area contributed by atoms with E-state index >= 15 is 0 Å². The number of nitrogens with one attached hydrogen (secondary N) is 1. The van der Waals surface area contributed by atoms with Crippen LogP contribution in [0.4, 0.5) is 0 Å². The molecule has 6 nitrogen and oxygen atoms in total. The van der Waals surface area contributed by atoms with Crippen LogP contribution in [0.5, 0.6) is 0 Å². The minimum Gasteiger partial charge on any atom is -0.378 e. The van der Waals surface area contributed by atoms with Crippen molar-refractivity contribution in [1.82, 2.24) is 19.9 Å². The van der Waals surface area contributed by atoms with Crippen LogP contribution in [0.15, 0.2) is 37.1 Å². The summed E-state index contributed by atoms with van der Waals surface area (Å²) in [6.07, 6.45) is 12.0. The highest BCUT2D eigenvalue weighted by Gasteiger charge is 2.15. The summed E-state index contributed by atoms with van der Waals surface area (Å²) in [6.45, 7) is 1.29. The number of nitrogens with zero attached hydrogens (tertiary/aromatic N) is 3. The highest BCUT2D eigenvalue weighted by atomic mass is 16.5. The number of aromatic nitrogens is 3. The first-order chi connectivity index (χ1) is 11.3. The predicted molar refractivity (Wildman–Crippen MR) is 86.0 cm³/mol. The Morgan fingerprint density at radius 3 is 3.13 bits per heavy atom. The van der Waals surface area contributed by atoms with E-state index in [1.54, 1.807) is 18.7 Å². The van der Waals surface area contributed by atoms with Gasteiger partial charge in [0.1, 0.15) is 12.1 Å². The fraction of sp³-hybridized carbons (Fsp3) is 0.471. The Kier molecular flexibility index (Phi) is 5.37. The molecule has 2 aromatic rings.